The summed E-state index contributed by atoms with van der Waals surface area (Å²) in [5.41, 5.74) is 0. The smallest absolute Gasteiger partial charge is 0.158 e. The zero-order valence-electron chi connectivity index (χ0n) is 5.75. The minimum atomic E-state index is -1.27. The minimum absolute atomic E-state index is 0.0914. The Hall–Kier alpha value is -0.440. The second-order valence-corrected chi connectivity index (χ2v) is 2.53. The molecule has 0 spiro atoms. The Labute approximate surface area is 59.4 Å². The molecule has 1 heterocycles. The van der Waals surface area contributed by atoms with Crippen LogP contribution in [0.4, 0.5) is 4.39 Å². The summed E-state index contributed by atoms with van der Waals surface area (Å²) in [5, 5.41) is 0. The van der Waals surface area contributed by atoms with Crippen molar-refractivity contribution in [1.29, 1.82) is 0 Å². The van der Waals surface area contributed by atoms with Crippen LogP contribution in [0, 0.1) is 5.92 Å². The van der Waals surface area contributed by atoms with Crippen molar-refractivity contribution in [3.8, 4) is 0 Å². The molecule has 0 aliphatic carbocycles. The van der Waals surface area contributed by atoms with Gasteiger partial charge in [0.05, 0.1) is 0 Å². The maximum Gasteiger partial charge on any atom is 0.158 e. The van der Waals surface area contributed by atoms with Gasteiger partial charge in [0.1, 0.15) is 0 Å². The van der Waals surface area contributed by atoms with Gasteiger partial charge in [0.2, 0.25) is 0 Å². The SMILES string of the molecule is O=C[C@H](F)C1CCOCC1. The average molecular weight is 146 g/mol. The van der Waals surface area contributed by atoms with Crippen LogP contribution < -0.4 is 0 Å². The fraction of sp³-hybridized carbons (Fsp3) is 0.857. The average Bonchev–Trinajstić information content (AvgIpc) is 2.05. The highest BCUT2D eigenvalue weighted by atomic mass is 19.1. The molecular weight excluding hydrogens is 135 g/mol. The Morgan fingerprint density at radius 1 is 1.50 bits per heavy atom. The Kier molecular flexibility index (Phi) is 2.81. The number of ether oxygens (including phenoxy) is 1. The van der Waals surface area contributed by atoms with Crippen LogP contribution in [0.5, 0.6) is 0 Å². The van der Waals surface area contributed by atoms with Gasteiger partial charge in [-0.15, -0.1) is 0 Å². The van der Waals surface area contributed by atoms with Gasteiger partial charge in [-0.1, -0.05) is 0 Å². The molecule has 1 rings (SSSR count). The van der Waals surface area contributed by atoms with Crippen LogP contribution in [0.2, 0.25) is 0 Å². The number of carbonyl (C=O) groups is 1. The van der Waals surface area contributed by atoms with E-state index in [0.717, 1.165) is 0 Å². The maximum atomic E-state index is 12.6. The molecule has 58 valence electrons. The number of aldehydes is 1. The molecule has 0 N–H and O–H groups in total. The molecule has 2 nitrogen and oxygen atoms in total. The van der Waals surface area contributed by atoms with E-state index in [4.69, 9.17) is 4.74 Å². The first kappa shape index (κ1) is 7.66. The van der Waals surface area contributed by atoms with E-state index >= 15 is 0 Å². The highest BCUT2D eigenvalue weighted by molar-refractivity contribution is 5.56. The fourth-order valence-electron chi connectivity index (χ4n) is 1.15. The molecule has 3 heteroatoms. The van der Waals surface area contributed by atoms with E-state index < -0.39 is 6.17 Å². The zero-order chi connectivity index (χ0) is 7.40. The second kappa shape index (κ2) is 3.66. The highest BCUT2D eigenvalue weighted by Gasteiger charge is 2.22. The fourth-order valence-corrected chi connectivity index (χ4v) is 1.15. The van der Waals surface area contributed by atoms with E-state index in [1.54, 1.807) is 0 Å². The number of hydrogen-bond donors (Lipinski definition) is 0. The highest BCUT2D eigenvalue weighted by Crippen LogP contribution is 2.19. The van der Waals surface area contributed by atoms with Gasteiger partial charge < -0.3 is 9.53 Å². The predicted molar refractivity (Wildman–Crippen MR) is 34.5 cm³/mol. The van der Waals surface area contributed by atoms with Gasteiger partial charge in [-0.3, -0.25) is 0 Å². The van der Waals surface area contributed by atoms with Crippen molar-refractivity contribution in [1.82, 2.24) is 0 Å². The van der Waals surface area contributed by atoms with Crippen molar-refractivity contribution in [3.05, 3.63) is 0 Å². The molecule has 0 bridgehead atoms. The second-order valence-electron chi connectivity index (χ2n) is 2.53. The van der Waals surface area contributed by atoms with E-state index in [9.17, 15) is 9.18 Å². The normalized spacial score (nSPS) is 24.1. The van der Waals surface area contributed by atoms with Crippen LogP contribution in [0.1, 0.15) is 12.8 Å². The van der Waals surface area contributed by atoms with Crippen LogP contribution in [-0.4, -0.2) is 25.7 Å². The Morgan fingerprint density at radius 3 is 2.60 bits per heavy atom. The summed E-state index contributed by atoms with van der Waals surface area (Å²) >= 11 is 0. The molecule has 0 unspecified atom stereocenters. The first-order valence-electron chi connectivity index (χ1n) is 3.51. The van der Waals surface area contributed by atoms with Crippen LogP contribution >= 0.6 is 0 Å². The first-order chi connectivity index (χ1) is 4.84. The van der Waals surface area contributed by atoms with E-state index in [2.05, 4.69) is 0 Å². The topological polar surface area (TPSA) is 26.3 Å². The molecule has 10 heavy (non-hydrogen) atoms. The maximum absolute atomic E-state index is 12.6. The largest absolute Gasteiger partial charge is 0.381 e. The molecule has 0 aromatic rings. The lowest BCUT2D eigenvalue weighted by Crippen LogP contribution is -2.25. The van der Waals surface area contributed by atoms with Gasteiger partial charge in [0.15, 0.2) is 12.5 Å². The van der Waals surface area contributed by atoms with Crippen molar-refractivity contribution in [3.63, 3.8) is 0 Å². The van der Waals surface area contributed by atoms with E-state index in [0.29, 0.717) is 32.3 Å². The van der Waals surface area contributed by atoms with Gasteiger partial charge in [0.25, 0.3) is 0 Å². The van der Waals surface area contributed by atoms with Gasteiger partial charge in [0, 0.05) is 19.1 Å². The molecule has 0 aromatic carbocycles. The van der Waals surface area contributed by atoms with E-state index in [-0.39, 0.29) is 5.92 Å². The lowest BCUT2D eigenvalue weighted by Gasteiger charge is -2.21. The van der Waals surface area contributed by atoms with Crippen molar-refractivity contribution in [2.45, 2.75) is 19.0 Å². The Balaban J connectivity index is 2.30. The van der Waals surface area contributed by atoms with Crippen molar-refractivity contribution in [2.24, 2.45) is 5.92 Å². The van der Waals surface area contributed by atoms with Crippen molar-refractivity contribution >= 4 is 6.29 Å². The number of halogens is 1. The lowest BCUT2D eigenvalue weighted by atomic mass is 9.96. The third-order valence-corrected chi connectivity index (χ3v) is 1.85. The minimum Gasteiger partial charge on any atom is -0.381 e. The first-order valence-corrected chi connectivity index (χ1v) is 3.51. The monoisotopic (exact) mass is 146 g/mol. The standard InChI is InChI=1S/C7H11FO2/c8-7(5-9)6-1-3-10-4-2-6/h5-7H,1-4H2/t7-/m0/s1. The van der Waals surface area contributed by atoms with Gasteiger partial charge in [-0.2, -0.15) is 0 Å². The molecule has 1 fully saturated rings. The van der Waals surface area contributed by atoms with Gasteiger partial charge in [-0.25, -0.2) is 4.39 Å². The Bertz CT molecular complexity index is 110. The summed E-state index contributed by atoms with van der Waals surface area (Å²) in [7, 11) is 0. The quantitative estimate of drug-likeness (QED) is 0.542. The number of rotatable bonds is 2. The third kappa shape index (κ3) is 1.77. The molecule has 1 aliphatic rings. The molecular formula is C7H11FO2. The molecule has 0 saturated carbocycles. The van der Waals surface area contributed by atoms with Crippen molar-refractivity contribution in [2.75, 3.05) is 13.2 Å². The molecule has 1 atom stereocenters. The van der Waals surface area contributed by atoms with E-state index in [1.807, 2.05) is 0 Å². The van der Waals surface area contributed by atoms with E-state index in [1.165, 1.54) is 0 Å². The third-order valence-electron chi connectivity index (χ3n) is 1.85. The van der Waals surface area contributed by atoms with Crippen LogP contribution in [-0.2, 0) is 9.53 Å². The summed E-state index contributed by atoms with van der Waals surface area (Å²) in [4.78, 5) is 9.99. The summed E-state index contributed by atoms with van der Waals surface area (Å²) in [6.45, 7) is 1.19. The summed E-state index contributed by atoms with van der Waals surface area (Å²) < 4.78 is 17.6. The Morgan fingerprint density at radius 2 is 2.10 bits per heavy atom. The molecule has 0 aromatic heterocycles. The molecule has 1 saturated heterocycles. The molecule has 0 amide bonds. The zero-order valence-corrected chi connectivity index (χ0v) is 5.75. The summed E-state index contributed by atoms with van der Waals surface area (Å²) in [6, 6.07) is 0. The van der Waals surface area contributed by atoms with Crippen LogP contribution in [0.15, 0.2) is 0 Å². The number of hydrogen-bond acceptors (Lipinski definition) is 2. The van der Waals surface area contributed by atoms with Gasteiger partial charge >= 0.3 is 0 Å². The predicted octanol–water partition coefficient (Wildman–Crippen LogP) is 0.950. The lowest BCUT2D eigenvalue weighted by molar-refractivity contribution is -0.114. The number of alkyl halides is 1. The van der Waals surface area contributed by atoms with Crippen molar-refractivity contribution < 1.29 is 13.9 Å². The summed E-state index contributed by atoms with van der Waals surface area (Å²) in [6.07, 6.45) is 0.472. The van der Waals surface area contributed by atoms with Gasteiger partial charge in [-0.05, 0) is 12.8 Å². The van der Waals surface area contributed by atoms with Crippen LogP contribution in [0.3, 0.4) is 0 Å². The number of carbonyl (C=O) groups excluding carboxylic acids is 1. The molecule has 0 radical (unpaired) electrons. The molecule has 1 aliphatic heterocycles. The van der Waals surface area contributed by atoms with Crippen LogP contribution in [0.25, 0.3) is 0 Å². The summed E-state index contributed by atoms with van der Waals surface area (Å²) in [5.74, 6) is -0.0914.